The number of para-hydroxylation sites is 1. The molecule has 3 aromatic rings. The van der Waals surface area contributed by atoms with Crippen LogP contribution in [0.3, 0.4) is 0 Å². The van der Waals surface area contributed by atoms with Gasteiger partial charge in [-0.2, -0.15) is 0 Å². The molecular weight excluding hydrogens is 397 g/mol. The van der Waals surface area contributed by atoms with E-state index in [0.717, 1.165) is 47.6 Å². The second kappa shape index (κ2) is 9.87. The van der Waals surface area contributed by atoms with Crippen molar-refractivity contribution in [3.63, 3.8) is 0 Å². The first-order valence-electron chi connectivity index (χ1n) is 9.06. The highest BCUT2D eigenvalue weighted by Crippen LogP contribution is 2.23. The van der Waals surface area contributed by atoms with Crippen molar-refractivity contribution in [2.24, 2.45) is 0 Å². The van der Waals surface area contributed by atoms with Crippen LogP contribution in [-0.4, -0.2) is 45.4 Å². The summed E-state index contributed by atoms with van der Waals surface area (Å²) in [6.45, 7) is 4.36. The van der Waals surface area contributed by atoms with Crippen molar-refractivity contribution in [1.29, 1.82) is 0 Å². The molecule has 0 saturated carbocycles. The van der Waals surface area contributed by atoms with Gasteiger partial charge in [0.05, 0.1) is 17.1 Å². The number of aryl methyl sites for hydroxylation is 2. The monoisotopic (exact) mass is 421 g/mol. The molecule has 1 amide bonds. The normalized spacial score (nSPS) is 16.3. The van der Waals surface area contributed by atoms with Crippen LogP contribution in [0.4, 0.5) is 0 Å². The molecule has 0 spiro atoms. The topological polar surface area (TPSA) is 73.9 Å². The van der Waals surface area contributed by atoms with E-state index in [1.165, 1.54) is 0 Å². The molecule has 8 heteroatoms. The van der Waals surface area contributed by atoms with Crippen molar-refractivity contribution in [2.45, 2.75) is 25.8 Å². The molecule has 1 aliphatic heterocycles. The van der Waals surface area contributed by atoms with E-state index in [4.69, 9.17) is 0 Å². The number of halogens is 2. The van der Waals surface area contributed by atoms with Crippen molar-refractivity contribution in [3.8, 4) is 0 Å². The molecule has 0 bridgehead atoms. The third-order valence-electron chi connectivity index (χ3n) is 4.97. The van der Waals surface area contributed by atoms with Gasteiger partial charge in [0.1, 0.15) is 5.82 Å². The molecule has 1 saturated heterocycles. The molecule has 6 nitrogen and oxygen atoms in total. The zero-order valence-corrected chi connectivity index (χ0v) is 17.4. The third-order valence-corrected chi connectivity index (χ3v) is 4.97. The fraction of sp³-hybridized carbons (Fsp3) is 0.350. The molecule has 2 aromatic heterocycles. The van der Waals surface area contributed by atoms with Gasteiger partial charge < -0.3 is 15.2 Å². The Morgan fingerprint density at radius 2 is 2.11 bits per heavy atom. The summed E-state index contributed by atoms with van der Waals surface area (Å²) in [4.78, 5) is 27.0. The van der Waals surface area contributed by atoms with Gasteiger partial charge >= 0.3 is 0 Å². The maximum absolute atomic E-state index is 12.9. The number of aromatic nitrogens is 3. The molecule has 2 N–H and O–H groups in total. The van der Waals surface area contributed by atoms with Gasteiger partial charge in [-0.25, -0.2) is 4.98 Å². The second-order valence-electron chi connectivity index (χ2n) is 6.75. The SMILES string of the molecule is Cc1cccc2[nH]c(CCC(=O)N3CCNCC3c3cccnc3)nc12.Cl.Cl. The first-order chi connectivity index (χ1) is 12.7. The molecule has 3 heterocycles. The Kier molecular flexibility index (Phi) is 7.80. The number of nitrogens with zero attached hydrogens (tertiary/aromatic N) is 3. The largest absolute Gasteiger partial charge is 0.342 e. The van der Waals surface area contributed by atoms with E-state index in [1.807, 2.05) is 35.4 Å². The van der Waals surface area contributed by atoms with Gasteiger partial charge in [0.25, 0.3) is 0 Å². The second-order valence-corrected chi connectivity index (χ2v) is 6.75. The van der Waals surface area contributed by atoms with Crippen molar-refractivity contribution >= 4 is 41.8 Å². The Balaban J connectivity index is 0.00000140. The van der Waals surface area contributed by atoms with Crippen molar-refractivity contribution in [3.05, 3.63) is 59.7 Å². The maximum Gasteiger partial charge on any atom is 0.223 e. The summed E-state index contributed by atoms with van der Waals surface area (Å²) in [5.41, 5.74) is 4.25. The zero-order valence-electron chi connectivity index (χ0n) is 15.7. The lowest BCUT2D eigenvalue weighted by Gasteiger charge is -2.36. The number of hydrogen-bond acceptors (Lipinski definition) is 4. The summed E-state index contributed by atoms with van der Waals surface area (Å²) in [5.74, 6) is 1.04. The highest BCUT2D eigenvalue weighted by Gasteiger charge is 2.27. The Morgan fingerprint density at radius 3 is 2.86 bits per heavy atom. The number of rotatable bonds is 4. The number of H-pyrrole nitrogens is 1. The number of amides is 1. The number of benzene rings is 1. The van der Waals surface area contributed by atoms with Crippen LogP contribution in [-0.2, 0) is 11.2 Å². The van der Waals surface area contributed by atoms with Crippen molar-refractivity contribution < 1.29 is 4.79 Å². The maximum atomic E-state index is 12.9. The van der Waals surface area contributed by atoms with Crippen LogP contribution in [0.15, 0.2) is 42.7 Å². The number of aromatic amines is 1. The molecule has 150 valence electrons. The lowest BCUT2D eigenvalue weighted by Crippen LogP contribution is -2.48. The van der Waals surface area contributed by atoms with Crippen molar-refractivity contribution in [1.82, 2.24) is 25.2 Å². The van der Waals surface area contributed by atoms with Crippen LogP contribution in [0.2, 0.25) is 0 Å². The van der Waals surface area contributed by atoms with Crippen LogP contribution >= 0.6 is 24.8 Å². The predicted octanol–water partition coefficient (Wildman–Crippen LogP) is 3.22. The number of hydrogen-bond donors (Lipinski definition) is 2. The average molecular weight is 422 g/mol. The van der Waals surface area contributed by atoms with Crippen LogP contribution in [0.25, 0.3) is 11.0 Å². The lowest BCUT2D eigenvalue weighted by molar-refractivity contribution is -0.134. The molecular formula is C20H25Cl2N5O. The standard InChI is InChI=1S/C20H23N5O.2ClH/c1-14-4-2-6-16-20(14)24-18(23-16)7-8-19(26)25-11-10-22-13-17(25)15-5-3-9-21-12-15;;/h2-6,9,12,17,22H,7-8,10-11,13H2,1H3,(H,23,24);2*1H. The quantitative estimate of drug-likeness (QED) is 0.677. The lowest BCUT2D eigenvalue weighted by atomic mass is 10.0. The van der Waals surface area contributed by atoms with Gasteiger partial charge in [-0.1, -0.05) is 18.2 Å². The molecule has 1 fully saturated rings. The fourth-order valence-corrected chi connectivity index (χ4v) is 3.59. The summed E-state index contributed by atoms with van der Waals surface area (Å²) < 4.78 is 0. The number of piperazine rings is 1. The first-order valence-corrected chi connectivity index (χ1v) is 9.06. The van der Waals surface area contributed by atoms with Gasteiger partial charge in [0.2, 0.25) is 5.91 Å². The smallest absolute Gasteiger partial charge is 0.223 e. The summed E-state index contributed by atoms with van der Waals surface area (Å²) >= 11 is 0. The molecule has 0 radical (unpaired) electrons. The van der Waals surface area contributed by atoms with Crippen LogP contribution in [0, 0.1) is 6.92 Å². The molecule has 1 aromatic carbocycles. The van der Waals surface area contributed by atoms with Gasteiger partial charge in [-0.05, 0) is 30.2 Å². The van der Waals surface area contributed by atoms with Crippen molar-refractivity contribution in [2.75, 3.05) is 19.6 Å². The van der Waals surface area contributed by atoms with Gasteiger partial charge in [0.15, 0.2) is 0 Å². The van der Waals surface area contributed by atoms with Crippen LogP contribution < -0.4 is 5.32 Å². The fourth-order valence-electron chi connectivity index (χ4n) is 3.59. The minimum Gasteiger partial charge on any atom is -0.342 e. The number of carbonyl (C=O) groups excluding carboxylic acids is 1. The highest BCUT2D eigenvalue weighted by molar-refractivity contribution is 5.85. The Hall–Kier alpha value is -2.15. The van der Waals surface area contributed by atoms with E-state index in [2.05, 4.69) is 33.3 Å². The van der Waals surface area contributed by atoms with E-state index >= 15 is 0 Å². The number of pyridine rings is 1. The van der Waals surface area contributed by atoms with Gasteiger partial charge in [-0.15, -0.1) is 24.8 Å². The summed E-state index contributed by atoms with van der Waals surface area (Å²) in [6, 6.07) is 10.1. The summed E-state index contributed by atoms with van der Waals surface area (Å²) in [6.07, 6.45) is 4.68. The average Bonchev–Trinajstić information content (AvgIpc) is 3.11. The molecule has 28 heavy (non-hydrogen) atoms. The van der Waals surface area contributed by atoms with E-state index in [1.54, 1.807) is 6.20 Å². The number of nitrogens with one attached hydrogen (secondary N) is 2. The number of fused-ring (bicyclic) bond motifs is 1. The summed E-state index contributed by atoms with van der Waals surface area (Å²) in [7, 11) is 0. The number of imidazole rings is 1. The summed E-state index contributed by atoms with van der Waals surface area (Å²) in [5, 5.41) is 3.38. The van der Waals surface area contributed by atoms with Crippen LogP contribution in [0.1, 0.15) is 29.4 Å². The van der Waals surface area contributed by atoms with E-state index in [0.29, 0.717) is 12.8 Å². The Labute approximate surface area is 177 Å². The molecule has 1 unspecified atom stereocenters. The minimum absolute atomic E-state index is 0. The molecule has 4 rings (SSSR count). The first kappa shape index (κ1) is 22.1. The highest BCUT2D eigenvalue weighted by atomic mass is 35.5. The van der Waals surface area contributed by atoms with Gasteiger partial charge in [-0.3, -0.25) is 9.78 Å². The van der Waals surface area contributed by atoms with E-state index in [-0.39, 0.29) is 36.8 Å². The Bertz CT molecular complexity index is 915. The van der Waals surface area contributed by atoms with Gasteiger partial charge in [0, 0.05) is 44.9 Å². The van der Waals surface area contributed by atoms with Crippen LogP contribution in [0.5, 0.6) is 0 Å². The molecule has 1 atom stereocenters. The Morgan fingerprint density at radius 1 is 1.25 bits per heavy atom. The third kappa shape index (κ3) is 4.63. The minimum atomic E-state index is 0. The molecule has 1 aliphatic rings. The van der Waals surface area contributed by atoms with E-state index in [9.17, 15) is 4.79 Å². The number of carbonyl (C=O) groups is 1. The zero-order chi connectivity index (χ0) is 17.9. The van der Waals surface area contributed by atoms with E-state index < -0.39 is 0 Å². The predicted molar refractivity (Wildman–Crippen MR) is 115 cm³/mol. The molecule has 0 aliphatic carbocycles.